The zero-order valence-electron chi connectivity index (χ0n) is 27.5. The summed E-state index contributed by atoms with van der Waals surface area (Å²) in [4.78, 5) is 32.0. The number of halogens is 5. The molecule has 0 spiro atoms. The second-order valence-corrected chi connectivity index (χ2v) is 11.8. The van der Waals surface area contributed by atoms with Crippen molar-refractivity contribution >= 4 is 34.1 Å². The summed E-state index contributed by atoms with van der Waals surface area (Å²) < 4.78 is 80.8. The van der Waals surface area contributed by atoms with E-state index in [9.17, 15) is 31.5 Å². The Kier molecular flexibility index (Phi) is 11.7. The van der Waals surface area contributed by atoms with Crippen molar-refractivity contribution in [1.29, 1.82) is 0 Å². The fourth-order valence-electron chi connectivity index (χ4n) is 5.94. The molecule has 4 heterocycles. The summed E-state index contributed by atoms with van der Waals surface area (Å²) in [7, 11) is 1.00. The predicted octanol–water partition coefficient (Wildman–Crippen LogP) is 6.75. The fourth-order valence-corrected chi connectivity index (χ4v) is 5.94. The van der Waals surface area contributed by atoms with Crippen molar-refractivity contribution in [3.8, 4) is 5.75 Å². The largest absolute Gasteiger partial charge is 0.573 e. The number of imidazole rings is 1. The first-order valence-electron chi connectivity index (χ1n) is 15.6. The zero-order chi connectivity index (χ0) is 36.1. The molecule has 0 saturated carbocycles. The number of aliphatic hydroxyl groups excluding tert-OH is 1. The van der Waals surface area contributed by atoms with Gasteiger partial charge in [-0.05, 0) is 44.4 Å². The number of aldehydes is 1. The van der Waals surface area contributed by atoms with E-state index in [0.717, 1.165) is 37.7 Å². The average molecular weight is 695 g/mol. The van der Waals surface area contributed by atoms with Gasteiger partial charge in [0.2, 0.25) is 0 Å². The maximum absolute atomic E-state index is 13.6. The highest BCUT2D eigenvalue weighted by molar-refractivity contribution is 6.03. The van der Waals surface area contributed by atoms with Crippen LogP contribution in [0.1, 0.15) is 50.5 Å². The minimum Gasteiger partial charge on any atom is -0.453 e. The van der Waals surface area contributed by atoms with Crippen LogP contribution in [0.5, 0.6) is 5.75 Å². The molecule has 2 aromatic carbocycles. The number of aromatic amines is 1. The van der Waals surface area contributed by atoms with Gasteiger partial charge in [-0.1, -0.05) is 31.7 Å². The molecule has 15 heteroatoms. The molecule has 2 aliphatic rings. The fraction of sp³-hybridized carbons (Fsp3) is 0.441. The topological polar surface area (TPSA) is 122 Å². The molecule has 3 atom stereocenters. The summed E-state index contributed by atoms with van der Waals surface area (Å²) in [5, 5.41) is 7.89. The third kappa shape index (κ3) is 8.57. The first-order chi connectivity index (χ1) is 23.2. The van der Waals surface area contributed by atoms with Gasteiger partial charge in [0.25, 0.3) is 5.92 Å². The molecule has 2 N–H and O–H groups in total. The number of carbonyl (C=O) groups excluding carboxylic acids is 1. The highest BCUT2D eigenvalue weighted by Gasteiger charge is 2.34. The van der Waals surface area contributed by atoms with Crippen LogP contribution in [0.25, 0.3) is 22.0 Å². The molecule has 0 aliphatic carbocycles. The minimum absolute atomic E-state index is 0.0376. The molecule has 2 aromatic heterocycles. The molecule has 10 nitrogen and oxygen atoms in total. The van der Waals surface area contributed by atoms with Crippen molar-refractivity contribution in [3.63, 3.8) is 0 Å². The van der Waals surface area contributed by atoms with Gasteiger partial charge < -0.3 is 33.7 Å². The molecule has 266 valence electrons. The van der Waals surface area contributed by atoms with Crippen LogP contribution >= 0.6 is 0 Å². The van der Waals surface area contributed by atoms with Gasteiger partial charge in [-0.15, -0.1) is 13.2 Å². The van der Waals surface area contributed by atoms with E-state index in [1.54, 1.807) is 9.47 Å². The summed E-state index contributed by atoms with van der Waals surface area (Å²) in [5.74, 6) is -2.71. The number of benzene rings is 2. The molecule has 1 unspecified atom stereocenters. The molecule has 0 amide bonds. The number of carbonyl (C=O) groups is 1. The number of rotatable bonds is 6. The number of fused-ring (bicyclic) bond motifs is 2. The number of para-hydroxylation sites is 1. The maximum Gasteiger partial charge on any atom is 0.573 e. The monoisotopic (exact) mass is 694 g/mol. The highest BCUT2D eigenvalue weighted by atomic mass is 19.4. The number of aromatic nitrogens is 2. The van der Waals surface area contributed by atoms with Crippen molar-refractivity contribution in [2.75, 3.05) is 26.9 Å². The zero-order valence-corrected chi connectivity index (χ0v) is 27.5. The van der Waals surface area contributed by atoms with Crippen LogP contribution in [-0.2, 0) is 9.53 Å². The molecule has 2 fully saturated rings. The number of allylic oxidation sites excluding steroid dienone is 1. The van der Waals surface area contributed by atoms with Crippen LogP contribution < -0.4 is 10.4 Å². The van der Waals surface area contributed by atoms with Gasteiger partial charge in [-0.25, -0.2) is 9.79 Å². The standard InChI is InChI=1S/C19H20F2N2O2.C14H15F3N2O3.CH4O/c1-12-15-8-4-5-9-16(15)25-17(12)18(22-13(2)19(3,20)21)23-10-6-7-14(23)11-24;1-8-7-21-5-4-11(8)19-12-3-2-9(22-14(15,16)17)6-10(12)18-13(19)20;1-2/h4-5,8-9,11,14H,2,6-7,10H2,1,3H3;2-3,6,8,11H,4-5,7H2,1H3,(H,18,20);2H,1H3/t14-;8-,11?;/m00./s1. The van der Waals surface area contributed by atoms with Crippen molar-refractivity contribution < 1.29 is 45.7 Å². The second-order valence-electron chi connectivity index (χ2n) is 11.8. The van der Waals surface area contributed by atoms with E-state index in [1.807, 2.05) is 38.1 Å². The molecule has 2 aliphatic heterocycles. The number of hydrogen-bond acceptors (Lipinski definition) is 7. The van der Waals surface area contributed by atoms with Gasteiger partial charge in [-0.3, -0.25) is 4.57 Å². The average Bonchev–Trinajstić information content (AvgIpc) is 3.75. The van der Waals surface area contributed by atoms with E-state index in [-0.39, 0.29) is 29.2 Å². The number of nitrogens with one attached hydrogen (secondary N) is 1. The molecule has 0 bridgehead atoms. The van der Waals surface area contributed by atoms with Crippen molar-refractivity contribution in [1.82, 2.24) is 14.5 Å². The van der Waals surface area contributed by atoms with Crippen LogP contribution in [0.3, 0.4) is 0 Å². The quantitative estimate of drug-likeness (QED) is 0.0991. The summed E-state index contributed by atoms with van der Waals surface area (Å²) in [6.07, 6.45) is -1.79. The number of hydrogen-bond donors (Lipinski definition) is 2. The Morgan fingerprint density at radius 1 is 1.14 bits per heavy atom. The number of aliphatic hydroxyl groups is 1. The van der Waals surface area contributed by atoms with E-state index in [1.165, 1.54) is 18.2 Å². The van der Waals surface area contributed by atoms with Crippen molar-refractivity contribution in [2.45, 2.75) is 64.4 Å². The lowest BCUT2D eigenvalue weighted by Crippen LogP contribution is -2.37. The van der Waals surface area contributed by atoms with Crippen LogP contribution in [0.15, 0.2) is 68.9 Å². The lowest BCUT2D eigenvalue weighted by Gasteiger charge is -2.29. The third-order valence-electron chi connectivity index (χ3n) is 8.37. The van der Waals surface area contributed by atoms with Gasteiger partial charge >= 0.3 is 12.1 Å². The molecule has 49 heavy (non-hydrogen) atoms. The number of H-pyrrole nitrogens is 1. The SMILES string of the molecule is C=C(N=C(c1oc2ccccc2c1C)N1CCC[C@H]1C=O)C(C)(F)F.CO.C[C@H]1COCCC1n1c(=O)[nH]c2cc(OC(F)(F)F)ccc21. The molecular weight excluding hydrogens is 655 g/mol. The van der Waals surface area contributed by atoms with Gasteiger partial charge in [0.1, 0.15) is 23.3 Å². The molecule has 4 aromatic rings. The predicted molar refractivity (Wildman–Crippen MR) is 174 cm³/mol. The normalized spacial score (nSPS) is 20.0. The summed E-state index contributed by atoms with van der Waals surface area (Å²) in [6.45, 7) is 9.67. The highest BCUT2D eigenvalue weighted by Crippen LogP contribution is 2.32. The van der Waals surface area contributed by atoms with Gasteiger partial charge in [0, 0.05) is 56.2 Å². The van der Waals surface area contributed by atoms with Gasteiger partial charge in [0.15, 0.2) is 11.6 Å². The van der Waals surface area contributed by atoms with Crippen LogP contribution in [0.2, 0.25) is 0 Å². The van der Waals surface area contributed by atoms with Crippen molar-refractivity contribution in [2.24, 2.45) is 10.9 Å². The van der Waals surface area contributed by atoms with E-state index in [0.29, 0.717) is 55.0 Å². The Hall–Kier alpha value is -4.50. The van der Waals surface area contributed by atoms with Crippen LogP contribution in [-0.4, -0.2) is 76.9 Å². The number of furan rings is 1. The number of alkyl halides is 5. The lowest BCUT2D eigenvalue weighted by atomic mass is 9.97. The lowest BCUT2D eigenvalue weighted by molar-refractivity contribution is -0.274. The minimum atomic E-state index is -4.76. The number of nitrogens with zero attached hydrogens (tertiary/aromatic N) is 3. The smallest absolute Gasteiger partial charge is 0.453 e. The molecule has 2 saturated heterocycles. The number of likely N-dealkylation sites (tertiary alicyclic amines) is 1. The van der Waals surface area contributed by atoms with Crippen LogP contribution in [0.4, 0.5) is 22.0 Å². The molecular formula is C34H39F5N4O6. The third-order valence-corrected chi connectivity index (χ3v) is 8.37. The van der Waals surface area contributed by atoms with E-state index >= 15 is 0 Å². The summed E-state index contributed by atoms with van der Waals surface area (Å²) in [6, 6.07) is 10.9. The number of aliphatic imine (C=N–C) groups is 1. The Labute approximate surface area is 278 Å². The Morgan fingerprint density at radius 2 is 1.86 bits per heavy atom. The summed E-state index contributed by atoms with van der Waals surface area (Å²) >= 11 is 0. The van der Waals surface area contributed by atoms with E-state index in [4.69, 9.17) is 14.3 Å². The Morgan fingerprint density at radius 3 is 2.49 bits per heavy atom. The second kappa shape index (κ2) is 15.4. The Bertz CT molecular complexity index is 1860. The summed E-state index contributed by atoms with van der Waals surface area (Å²) in [5.41, 5.74) is 1.46. The Balaban J connectivity index is 0.000000212. The van der Waals surface area contributed by atoms with Crippen LogP contribution in [0, 0.1) is 12.8 Å². The maximum atomic E-state index is 13.6. The van der Waals surface area contributed by atoms with E-state index in [2.05, 4.69) is 21.3 Å². The first-order valence-corrected chi connectivity index (χ1v) is 15.6. The molecule has 0 radical (unpaired) electrons. The van der Waals surface area contributed by atoms with Crippen molar-refractivity contribution in [3.05, 3.63) is 76.5 Å². The molecule has 6 rings (SSSR count). The van der Waals surface area contributed by atoms with E-state index < -0.39 is 24.0 Å². The number of aryl methyl sites for hydroxylation is 1. The number of amidine groups is 1. The first kappa shape index (κ1) is 37.3. The van der Waals surface area contributed by atoms with Gasteiger partial charge in [0.05, 0.1) is 23.7 Å². The van der Waals surface area contributed by atoms with Gasteiger partial charge in [-0.2, -0.15) is 8.78 Å². The number of ether oxygens (including phenoxy) is 2.